The van der Waals surface area contributed by atoms with Crippen molar-refractivity contribution in [3.63, 3.8) is 0 Å². The van der Waals surface area contributed by atoms with E-state index >= 15 is 0 Å². The van der Waals surface area contributed by atoms with E-state index in [2.05, 4.69) is 31.2 Å². The summed E-state index contributed by atoms with van der Waals surface area (Å²) in [6, 6.07) is 10.5. The third-order valence-corrected chi connectivity index (χ3v) is 3.19. The fourth-order valence-corrected chi connectivity index (χ4v) is 2.01. The summed E-state index contributed by atoms with van der Waals surface area (Å²) in [6.07, 6.45) is 3.30. The third-order valence-electron chi connectivity index (χ3n) is 3.19. The van der Waals surface area contributed by atoms with E-state index in [4.69, 9.17) is 4.74 Å². The number of rotatable bonds is 8. The van der Waals surface area contributed by atoms with Gasteiger partial charge in [-0.05, 0) is 31.7 Å². The van der Waals surface area contributed by atoms with Crippen LogP contribution in [-0.4, -0.2) is 36.5 Å². The van der Waals surface area contributed by atoms with Crippen LogP contribution in [0, 0.1) is 0 Å². The summed E-state index contributed by atoms with van der Waals surface area (Å²) < 4.78 is 4.81. The van der Waals surface area contributed by atoms with Crippen LogP contribution < -0.4 is 0 Å². The molecule has 4 heteroatoms. The maximum absolute atomic E-state index is 11.6. The first-order valence-electron chi connectivity index (χ1n) is 8.56. The van der Waals surface area contributed by atoms with Crippen LogP contribution >= 0.6 is 0 Å². The summed E-state index contributed by atoms with van der Waals surface area (Å²) in [4.78, 5) is 24.4. The van der Waals surface area contributed by atoms with Crippen LogP contribution in [0.25, 0.3) is 0 Å². The molecule has 0 fully saturated rings. The number of nitrogens with zero attached hydrogens (tertiary/aromatic N) is 1. The van der Waals surface area contributed by atoms with Crippen molar-refractivity contribution in [2.45, 2.75) is 53.4 Å². The zero-order valence-corrected chi connectivity index (χ0v) is 15.0. The number of benzene rings is 1. The quantitative estimate of drug-likeness (QED) is 0.684. The van der Waals surface area contributed by atoms with E-state index < -0.39 is 0 Å². The predicted molar refractivity (Wildman–Crippen MR) is 94.2 cm³/mol. The predicted octanol–water partition coefficient (Wildman–Crippen LogP) is 3.84. The highest BCUT2D eigenvalue weighted by Gasteiger charge is 2.15. The summed E-state index contributed by atoms with van der Waals surface area (Å²) in [6.45, 7) is 8.92. The Balaban J connectivity index is 0.000000502. The van der Waals surface area contributed by atoms with Gasteiger partial charge in [0.1, 0.15) is 6.54 Å². The zero-order valence-electron chi connectivity index (χ0n) is 15.0. The Morgan fingerprint density at radius 3 is 2.09 bits per heavy atom. The summed E-state index contributed by atoms with van der Waals surface area (Å²) >= 11 is 0. The van der Waals surface area contributed by atoms with Gasteiger partial charge in [-0.1, -0.05) is 51.1 Å². The summed E-state index contributed by atoms with van der Waals surface area (Å²) in [5.74, 6) is -0.289. The van der Waals surface area contributed by atoms with Gasteiger partial charge < -0.3 is 9.64 Å². The Morgan fingerprint density at radius 2 is 1.65 bits per heavy atom. The van der Waals surface area contributed by atoms with Crippen LogP contribution in [0.15, 0.2) is 30.3 Å². The normalized spacial score (nSPS) is 9.57. The number of ether oxygens (including phenoxy) is 1. The molecular formula is C19H31NO3. The number of aryl methyl sites for hydroxylation is 1. The van der Waals surface area contributed by atoms with Gasteiger partial charge in [-0.2, -0.15) is 0 Å². The lowest BCUT2D eigenvalue weighted by atomic mass is 10.2. The lowest BCUT2D eigenvalue weighted by molar-refractivity contribution is -0.149. The lowest BCUT2D eigenvalue weighted by Gasteiger charge is -2.20. The summed E-state index contributed by atoms with van der Waals surface area (Å²) in [7, 11) is 0. The number of amides is 1. The Hall–Kier alpha value is -1.84. The fraction of sp³-hybridized carbons (Fsp3) is 0.579. The minimum atomic E-state index is -0.324. The topological polar surface area (TPSA) is 46.6 Å². The molecule has 0 aliphatic rings. The highest BCUT2D eigenvalue weighted by molar-refractivity contribution is 5.82. The molecule has 130 valence electrons. The fourth-order valence-electron chi connectivity index (χ4n) is 2.01. The van der Waals surface area contributed by atoms with E-state index in [9.17, 15) is 9.59 Å². The molecule has 0 unspecified atom stereocenters. The van der Waals surface area contributed by atoms with Gasteiger partial charge in [0, 0.05) is 13.0 Å². The largest absolute Gasteiger partial charge is 0.465 e. The number of carbonyl (C=O) groups excluding carboxylic acids is 2. The molecule has 0 heterocycles. The molecule has 0 spiro atoms. The SMILES string of the molecule is CCCC(=O)N(CCC)CC(=O)OCC.CCc1ccccc1. The first kappa shape index (κ1) is 21.2. The number of hydrogen-bond donors (Lipinski definition) is 0. The average Bonchev–Trinajstić information content (AvgIpc) is 2.56. The molecule has 1 rings (SSSR count). The molecular weight excluding hydrogens is 290 g/mol. The molecule has 1 amide bonds. The van der Waals surface area contributed by atoms with Crippen LogP contribution in [0.3, 0.4) is 0 Å². The van der Waals surface area contributed by atoms with Crippen molar-refractivity contribution in [2.75, 3.05) is 19.7 Å². The molecule has 0 saturated carbocycles. The van der Waals surface area contributed by atoms with Crippen LogP contribution in [0.1, 0.15) is 52.5 Å². The van der Waals surface area contributed by atoms with Gasteiger partial charge in [0.2, 0.25) is 5.91 Å². The molecule has 0 atom stereocenters. The Bertz CT molecular complexity index is 432. The molecule has 4 nitrogen and oxygen atoms in total. The second kappa shape index (κ2) is 13.8. The Morgan fingerprint density at radius 1 is 1.00 bits per heavy atom. The van der Waals surface area contributed by atoms with Crippen molar-refractivity contribution in [2.24, 2.45) is 0 Å². The summed E-state index contributed by atoms with van der Waals surface area (Å²) in [5.41, 5.74) is 1.41. The molecule has 0 aliphatic heterocycles. The number of hydrogen-bond acceptors (Lipinski definition) is 3. The standard InChI is InChI=1S/C11H21NO3.C8H10/c1-4-7-10(13)12(8-5-2)9-11(14)15-6-3;1-2-8-6-4-3-5-7-8/h4-9H2,1-3H3;3-7H,2H2,1H3. The van der Waals surface area contributed by atoms with Gasteiger partial charge in [0.05, 0.1) is 6.61 Å². The van der Waals surface area contributed by atoms with Crippen molar-refractivity contribution < 1.29 is 14.3 Å². The lowest BCUT2D eigenvalue weighted by Crippen LogP contribution is -2.36. The van der Waals surface area contributed by atoms with E-state index in [0.29, 0.717) is 19.6 Å². The van der Waals surface area contributed by atoms with Gasteiger partial charge >= 0.3 is 5.97 Å². The van der Waals surface area contributed by atoms with Crippen molar-refractivity contribution in [3.8, 4) is 0 Å². The summed E-state index contributed by atoms with van der Waals surface area (Å²) in [5, 5.41) is 0. The second-order valence-corrected chi connectivity index (χ2v) is 5.21. The smallest absolute Gasteiger partial charge is 0.325 e. The highest BCUT2D eigenvalue weighted by atomic mass is 16.5. The van der Waals surface area contributed by atoms with Gasteiger partial charge in [0.25, 0.3) is 0 Å². The van der Waals surface area contributed by atoms with Crippen LogP contribution in [0.2, 0.25) is 0 Å². The first-order chi connectivity index (χ1) is 11.1. The van der Waals surface area contributed by atoms with Crippen LogP contribution in [0.5, 0.6) is 0 Å². The van der Waals surface area contributed by atoms with Crippen molar-refractivity contribution in [3.05, 3.63) is 35.9 Å². The average molecular weight is 321 g/mol. The van der Waals surface area contributed by atoms with Crippen molar-refractivity contribution >= 4 is 11.9 Å². The Labute approximate surface area is 140 Å². The molecule has 0 radical (unpaired) electrons. The van der Waals surface area contributed by atoms with Gasteiger partial charge in [-0.3, -0.25) is 9.59 Å². The first-order valence-corrected chi connectivity index (χ1v) is 8.56. The van der Waals surface area contributed by atoms with Crippen LogP contribution in [0.4, 0.5) is 0 Å². The maximum Gasteiger partial charge on any atom is 0.325 e. The molecule has 0 bridgehead atoms. The van der Waals surface area contributed by atoms with Gasteiger partial charge in [-0.25, -0.2) is 0 Å². The van der Waals surface area contributed by atoms with Gasteiger partial charge in [0.15, 0.2) is 0 Å². The van der Waals surface area contributed by atoms with Crippen molar-refractivity contribution in [1.29, 1.82) is 0 Å². The molecule has 0 aromatic heterocycles. The molecule has 1 aromatic carbocycles. The zero-order chi connectivity index (χ0) is 17.5. The molecule has 0 saturated heterocycles. The number of esters is 1. The van der Waals surface area contributed by atoms with E-state index in [1.807, 2.05) is 19.9 Å². The second-order valence-electron chi connectivity index (χ2n) is 5.21. The van der Waals surface area contributed by atoms with E-state index in [1.165, 1.54) is 5.56 Å². The molecule has 0 aliphatic carbocycles. The minimum absolute atomic E-state index is 0.0346. The van der Waals surface area contributed by atoms with Gasteiger partial charge in [-0.15, -0.1) is 0 Å². The van der Waals surface area contributed by atoms with Crippen molar-refractivity contribution in [1.82, 2.24) is 4.90 Å². The molecule has 23 heavy (non-hydrogen) atoms. The highest BCUT2D eigenvalue weighted by Crippen LogP contribution is 2.00. The maximum atomic E-state index is 11.6. The van der Waals surface area contributed by atoms with Crippen LogP contribution in [-0.2, 0) is 20.7 Å². The third kappa shape index (κ3) is 10.5. The molecule has 0 N–H and O–H groups in total. The van der Waals surface area contributed by atoms with E-state index in [-0.39, 0.29) is 18.4 Å². The van der Waals surface area contributed by atoms with E-state index in [0.717, 1.165) is 19.3 Å². The van der Waals surface area contributed by atoms with E-state index in [1.54, 1.807) is 11.8 Å². The molecule has 1 aromatic rings. The Kier molecular flexibility index (Phi) is 12.7. The monoisotopic (exact) mass is 321 g/mol. The minimum Gasteiger partial charge on any atom is -0.465 e. The number of carbonyl (C=O) groups is 2.